The number of ketones is 2. The van der Waals surface area contributed by atoms with E-state index in [1.807, 2.05) is 26.8 Å². The Morgan fingerprint density at radius 3 is 2.39 bits per heavy atom. The number of carbonyl (C=O) groups is 2. The van der Waals surface area contributed by atoms with Gasteiger partial charge in [-0.05, 0) is 37.0 Å². The standard InChI is InChI=1S/C24H24Cl2N2O3/c1-14(2)12-28-24(31-13-20(29)17-8-6-5-7-9-17)19(11-27-28)23(30)18-10-15(3)21(25)16(4)22(18)26/h5-11,14H,12-13H2,1-4H3. The lowest BCUT2D eigenvalue weighted by Gasteiger charge is -2.14. The molecule has 2 aromatic carbocycles. The predicted octanol–water partition coefficient (Wildman–Crippen LogP) is 5.96. The molecule has 7 heteroatoms. The lowest BCUT2D eigenvalue weighted by Crippen LogP contribution is -2.17. The van der Waals surface area contributed by atoms with Gasteiger partial charge in [0.05, 0.1) is 11.2 Å². The first-order valence-corrected chi connectivity index (χ1v) is 10.7. The van der Waals surface area contributed by atoms with Crippen LogP contribution in [0.15, 0.2) is 42.6 Å². The van der Waals surface area contributed by atoms with E-state index >= 15 is 0 Å². The molecule has 162 valence electrons. The van der Waals surface area contributed by atoms with Crippen LogP contribution < -0.4 is 4.74 Å². The van der Waals surface area contributed by atoms with Crippen LogP contribution in [0.25, 0.3) is 0 Å². The highest BCUT2D eigenvalue weighted by Gasteiger charge is 2.25. The minimum absolute atomic E-state index is 0.187. The molecule has 3 rings (SSSR count). The Balaban J connectivity index is 1.96. The molecule has 0 amide bonds. The molecule has 0 atom stereocenters. The van der Waals surface area contributed by atoms with E-state index in [1.54, 1.807) is 41.9 Å². The third-order valence-corrected chi connectivity index (χ3v) is 5.92. The molecule has 31 heavy (non-hydrogen) atoms. The van der Waals surface area contributed by atoms with Gasteiger partial charge in [-0.3, -0.25) is 9.59 Å². The number of aryl methyl sites for hydroxylation is 1. The topological polar surface area (TPSA) is 61.2 Å². The van der Waals surface area contributed by atoms with Crippen LogP contribution in [0, 0.1) is 19.8 Å². The molecule has 0 aliphatic carbocycles. The van der Waals surface area contributed by atoms with Crippen molar-refractivity contribution in [1.29, 1.82) is 0 Å². The van der Waals surface area contributed by atoms with Crippen molar-refractivity contribution in [2.45, 2.75) is 34.2 Å². The molecule has 1 aromatic heterocycles. The summed E-state index contributed by atoms with van der Waals surface area (Å²) in [5, 5.41) is 5.16. The van der Waals surface area contributed by atoms with Crippen LogP contribution in [0.3, 0.4) is 0 Å². The fraction of sp³-hybridized carbons (Fsp3) is 0.292. The average molecular weight is 459 g/mol. The summed E-state index contributed by atoms with van der Waals surface area (Å²) in [4.78, 5) is 25.9. The van der Waals surface area contributed by atoms with Gasteiger partial charge in [0.2, 0.25) is 11.7 Å². The Morgan fingerprint density at radius 1 is 1.06 bits per heavy atom. The number of carbonyl (C=O) groups excluding carboxylic acids is 2. The number of Topliss-reactive ketones (excluding diaryl/α,β-unsaturated/α-hetero) is 1. The van der Waals surface area contributed by atoms with Gasteiger partial charge in [0.25, 0.3) is 0 Å². The summed E-state index contributed by atoms with van der Waals surface area (Å²) in [6, 6.07) is 10.5. The zero-order valence-corrected chi connectivity index (χ0v) is 19.4. The maximum absolute atomic E-state index is 13.4. The predicted molar refractivity (Wildman–Crippen MR) is 123 cm³/mol. The van der Waals surface area contributed by atoms with Gasteiger partial charge in [-0.1, -0.05) is 67.4 Å². The Kier molecular flexibility index (Phi) is 7.19. The van der Waals surface area contributed by atoms with Gasteiger partial charge in [0, 0.05) is 22.7 Å². The van der Waals surface area contributed by atoms with Crippen molar-refractivity contribution < 1.29 is 14.3 Å². The first-order chi connectivity index (χ1) is 14.7. The van der Waals surface area contributed by atoms with Crippen molar-refractivity contribution in [2.24, 2.45) is 5.92 Å². The molecular weight excluding hydrogens is 435 g/mol. The average Bonchev–Trinajstić information content (AvgIpc) is 3.14. The molecule has 0 bridgehead atoms. The summed E-state index contributed by atoms with van der Waals surface area (Å²) in [6.45, 7) is 7.98. The minimum Gasteiger partial charge on any atom is -0.469 e. The van der Waals surface area contributed by atoms with Crippen LogP contribution in [0.2, 0.25) is 10.0 Å². The number of hydrogen-bond acceptors (Lipinski definition) is 4. The normalized spacial score (nSPS) is 11.1. The Labute approximate surface area is 191 Å². The molecule has 0 radical (unpaired) electrons. The second-order valence-corrected chi connectivity index (χ2v) is 8.60. The Hall–Kier alpha value is -2.63. The van der Waals surface area contributed by atoms with E-state index in [9.17, 15) is 9.59 Å². The number of rotatable bonds is 8. The van der Waals surface area contributed by atoms with Crippen molar-refractivity contribution in [2.75, 3.05) is 6.61 Å². The summed E-state index contributed by atoms with van der Waals surface area (Å²) in [5.41, 5.74) is 2.51. The van der Waals surface area contributed by atoms with E-state index in [2.05, 4.69) is 5.10 Å². The van der Waals surface area contributed by atoms with Gasteiger partial charge < -0.3 is 4.74 Å². The maximum Gasteiger partial charge on any atom is 0.223 e. The van der Waals surface area contributed by atoms with E-state index in [0.717, 1.165) is 5.56 Å². The fourth-order valence-electron chi connectivity index (χ4n) is 3.25. The van der Waals surface area contributed by atoms with Gasteiger partial charge >= 0.3 is 0 Å². The van der Waals surface area contributed by atoms with E-state index < -0.39 is 0 Å². The highest BCUT2D eigenvalue weighted by Crippen LogP contribution is 2.33. The number of halogens is 2. The van der Waals surface area contributed by atoms with Crippen molar-refractivity contribution in [1.82, 2.24) is 9.78 Å². The molecule has 0 aliphatic heterocycles. The lowest BCUT2D eigenvalue weighted by atomic mass is 10.0. The molecule has 0 aliphatic rings. The second kappa shape index (κ2) is 9.67. The van der Waals surface area contributed by atoms with Gasteiger partial charge in [-0.15, -0.1) is 0 Å². The Morgan fingerprint density at radius 2 is 1.74 bits per heavy atom. The fourth-order valence-corrected chi connectivity index (χ4v) is 3.68. The van der Waals surface area contributed by atoms with E-state index in [-0.39, 0.29) is 35.5 Å². The minimum atomic E-state index is -0.329. The summed E-state index contributed by atoms with van der Waals surface area (Å²) in [7, 11) is 0. The van der Waals surface area contributed by atoms with E-state index in [4.69, 9.17) is 27.9 Å². The van der Waals surface area contributed by atoms with Crippen molar-refractivity contribution >= 4 is 34.8 Å². The van der Waals surface area contributed by atoms with Gasteiger partial charge in [-0.25, -0.2) is 4.68 Å². The monoisotopic (exact) mass is 458 g/mol. The molecule has 0 unspecified atom stereocenters. The first-order valence-electron chi connectivity index (χ1n) is 9.97. The third-order valence-electron chi connectivity index (χ3n) is 4.86. The summed E-state index contributed by atoms with van der Waals surface area (Å²) < 4.78 is 7.46. The van der Waals surface area contributed by atoms with Crippen LogP contribution in [0.5, 0.6) is 5.88 Å². The van der Waals surface area contributed by atoms with Gasteiger partial charge in [0.1, 0.15) is 5.56 Å². The molecular formula is C24H24Cl2N2O3. The number of ether oxygens (including phenoxy) is 1. The largest absolute Gasteiger partial charge is 0.469 e. The molecule has 0 saturated carbocycles. The first kappa shape index (κ1) is 23.0. The third kappa shape index (κ3) is 5.00. The lowest BCUT2D eigenvalue weighted by molar-refractivity contribution is 0.0906. The molecule has 0 spiro atoms. The quantitative estimate of drug-likeness (QED) is 0.390. The molecule has 1 heterocycles. The van der Waals surface area contributed by atoms with E-state index in [1.165, 1.54) is 6.20 Å². The highest BCUT2D eigenvalue weighted by atomic mass is 35.5. The van der Waals surface area contributed by atoms with Crippen LogP contribution in [0.4, 0.5) is 0 Å². The number of hydrogen-bond donors (Lipinski definition) is 0. The number of aromatic nitrogens is 2. The van der Waals surface area contributed by atoms with Crippen molar-refractivity contribution in [3.8, 4) is 5.88 Å². The summed E-state index contributed by atoms with van der Waals surface area (Å²) in [5.74, 6) is 0.000447. The zero-order chi connectivity index (χ0) is 22.7. The molecule has 0 saturated heterocycles. The smallest absolute Gasteiger partial charge is 0.223 e. The van der Waals surface area contributed by atoms with Gasteiger partial charge in [0.15, 0.2) is 12.4 Å². The zero-order valence-electron chi connectivity index (χ0n) is 17.9. The van der Waals surface area contributed by atoms with Crippen molar-refractivity contribution in [3.05, 3.63) is 80.5 Å². The summed E-state index contributed by atoms with van der Waals surface area (Å²) in [6.07, 6.45) is 1.46. The van der Waals surface area contributed by atoms with E-state index in [0.29, 0.717) is 33.3 Å². The second-order valence-electron chi connectivity index (χ2n) is 7.84. The van der Waals surface area contributed by atoms with Crippen LogP contribution in [0.1, 0.15) is 51.3 Å². The molecule has 3 aromatic rings. The molecule has 5 nitrogen and oxygen atoms in total. The summed E-state index contributed by atoms with van der Waals surface area (Å²) >= 11 is 12.7. The Bertz CT molecular complexity index is 1120. The van der Waals surface area contributed by atoms with Gasteiger partial charge in [-0.2, -0.15) is 5.10 Å². The molecule has 0 N–H and O–H groups in total. The number of nitrogens with zero attached hydrogens (tertiary/aromatic N) is 2. The SMILES string of the molecule is Cc1cc(C(=O)c2cnn(CC(C)C)c2OCC(=O)c2ccccc2)c(Cl)c(C)c1Cl. The van der Waals surface area contributed by atoms with Crippen LogP contribution in [-0.4, -0.2) is 28.0 Å². The molecule has 0 fully saturated rings. The van der Waals surface area contributed by atoms with Crippen LogP contribution >= 0.6 is 23.2 Å². The van der Waals surface area contributed by atoms with Crippen LogP contribution in [-0.2, 0) is 6.54 Å². The van der Waals surface area contributed by atoms with Crippen molar-refractivity contribution in [3.63, 3.8) is 0 Å². The maximum atomic E-state index is 13.4. The number of benzene rings is 2. The highest BCUT2D eigenvalue weighted by molar-refractivity contribution is 6.39.